The van der Waals surface area contributed by atoms with E-state index in [0.717, 1.165) is 43.5 Å². The van der Waals surface area contributed by atoms with Gasteiger partial charge in [0.2, 0.25) is 11.8 Å². The van der Waals surface area contributed by atoms with Gasteiger partial charge in [0.1, 0.15) is 23.8 Å². The summed E-state index contributed by atoms with van der Waals surface area (Å²) in [5, 5.41) is 0. The maximum atomic E-state index is 13.3. The molecule has 34 heavy (non-hydrogen) atoms. The van der Waals surface area contributed by atoms with Crippen molar-refractivity contribution in [3.05, 3.63) is 65.5 Å². The van der Waals surface area contributed by atoms with Gasteiger partial charge in [0.25, 0.3) is 0 Å². The van der Waals surface area contributed by atoms with E-state index >= 15 is 0 Å². The first-order valence-corrected chi connectivity index (χ1v) is 12.1. The van der Waals surface area contributed by atoms with Crippen molar-refractivity contribution in [1.82, 2.24) is 9.80 Å². The van der Waals surface area contributed by atoms with Gasteiger partial charge in [-0.05, 0) is 56.0 Å². The molecule has 2 aliphatic heterocycles. The first kappa shape index (κ1) is 24.2. The summed E-state index contributed by atoms with van der Waals surface area (Å²) in [4.78, 5) is 30.0. The molecule has 2 fully saturated rings. The van der Waals surface area contributed by atoms with Crippen LogP contribution in [-0.4, -0.2) is 66.6 Å². The summed E-state index contributed by atoms with van der Waals surface area (Å²) in [7, 11) is 0. The molecule has 7 heteroatoms. The first-order chi connectivity index (χ1) is 16.4. The number of carbonyl (C=O) groups excluding carboxylic acids is 2. The Morgan fingerprint density at radius 1 is 0.941 bits per heavy atom. The minimum atomic E-state index is -0.954. The standard InChI is InChI=1S/C27H33FN2O4/c1-21-5-7-22(8-6-21)17-25(31)30-15-16-34-27(19-30,18-26(32)29-13-3-2-4-14-29)20-33-24-11-9-23(28)10-12-24/h5-12H,2-4,13-20H2,1H3. The molecule has 2 aromatic rings. The van der Waals surface area contributed by atoms with E-state index in [0.29, 0.717) is 25.3 Å². The topological polar surface area (TPSA) is 59.1 Å². The van der Waals surface area contributed by atoms with Gasteiger partial charge in [0.05, 0.1) is 26.0 Å². The predicted molar refractivity (Wildman–Crippen MR) is 127 cm³/mol. The van der Waals surface area contributed by atoms with Crippen molar-refractivity contribution in [2.75, 3.05) is 39.4 Å². The second-order valence-corrected chi connectivity index (χ2v) is 9.37. The van der Waals surface area contributed by atoms with Crippen LogP contribution in [0.4, 0.5) is 4.39 Å². The average Bonchev–Trinajstić information content (AvgIpc) is 2.86. The summed E-state index contributed by atoms with van der Waals surface area (Å²) < 4.78 is 25.4. The zero-order valence-electron chi connectivity index (χ0n) is 19.8. The number of rotatable bonds is 7. The molecule has 6 nitrogen and oxygen atoms in total. The first-order valence-electron chi connectivity index (χ1n) is 12.1. The van der Waals surface area contributed by atoms with Crippen LogP contribution in [0, 0.1) is 12.7 Å². The zero-order valence-corrected chi connectivity index (χ0v) is 19.8. The molecule has 2 aromatic carbocycles. The Labute approximate surface area is 200 Å². The Kier molecular flexibility index (Phi) is 7.83. The smallest absolute Gasteiger partial charge is 0.227 e. The third kappa shape index (κ3) is 6.35. The molecule has 1 unspecified atom stereocenters. The fourth-order valence-corrected chi connectivity index (χ4v) is 4.57. The van der Waals surface area contributed by atoms with Gasteiger partial charge < -0.3 is 19.3 Å². The lowest BCUT2D eigenvalue weighted by atomic mass is 9.95. The predicted octanol–water partition coefficient (Wildman–Crippen LogP) is 3.76. The van der Waals surface area contributed by atoms with Gasteiger partial charge >= 0.3 is 0 Å². The molecule has 0 aliphatic carbocycles. The molecule has 2 heterocycles. The van der Waals surface area contributed by atoms with E-state index in [2.05, 4.69) is 0 Å². The zero-order chi connectivity index (χ0) is 24.0. The number of benzene rings is 2. The van der Waals surface area contributed by atoms with Gasteiger partial charge in [-0.3, -0.25) is 9.59 Å². The number of hydrogen-bond acceptors (Lipinski definition) is 4. The van der Waals surface area contributed by atoms with Crippen molar-refractivity contribution in [2.45, 2.75) is 44.6 Å². The minimum absolute atomic E-state index is 0.00346. The summed E-state index contributed by atoms with van der Waals surface area (Å²) in [6.07, 6.45) is 3.60. The van der Waals surface area contributed by atoms with E-state index in [1.807, 2.05) is 36.1 Å². The minimum Gasteiger partial charge on any atom is -0.490 e. The number of aryl methyl sites for hydroxylation is 1. The SMILES string of the molecule is Cc1ccc(CC(=O)N2CCOC(COc3ccc(F)cc3)(CC(=O)N3CCCCC3)C2)cc1. The molecule has 2 saturated heterocycles. The number of halogens is 1. The van der Waals surface area contributed by atoms with Gasteiger partial charge in [-0.25, -0.2) is 4.39 Å². The highest BCUT2D eigenvalue weighted by atomic mass is 19.1. The fraction of sp³-hybridized carbons (Fsp3) is 0.481. The molecule has 0 N–H and O–H groups in total. The Hall–Kier alpha value is -2.93. The van der Waals surface area contributed by atoms with Gasteiger partial charge in [-0.15, -0.1) is 0 Å². The van der Waals surface area contributed by atoms with Crippen LogP contribution in [0.25, 0.3) is 0 Å². The Balaban J connectivity index is 1.48. The van der Waals surface area contributed by atoms with Crippen molar-refractivity contribution in [3.8, 4) is 5.75 Å². The van der Waals surface area contributed by atoms with Crippen LogP contribution in [0.2, 0.25) is 0 Å². The number of likely N-dealkylation sites (tertiary alicyclic amines) is 1. The molecular formula is C27H33FN2O4. The third-order valence-corrected chi connectivity index (χ3v) is 6.57. The number of amides is 2. The molecule has 0 radical (unpaired) electrons. The third-order valence-electron chi connectivity index (χ3n) is 6.57. The summed E-state index contributed by atoms with van der Waals surface area (Å²) in [6.45, 7) is 4.71. The number of hydrogen-bond donors (Lipinski definition) is 0. The van der Waals surface area contributed by atoms with Crippen molar-refractivity contribution in [1.29, 1.82) is 0 Å². The van der Waals surface area contributed by atoms with Crippen molar-refractivity contribution < 1.29 is 23.5 Å². The van der Waals surface area contributed by atoms with Gasteiger partial charge in [0, 0.05) is 19.6 Å². The number of morpholine rings is 1. The maximum absolute atomic E-state index is 13.3. The average molecular weight is 469 g/mol. The Bertz CT molecular complexity index is 973. The lowest BCUT2D eigenvalue weighted by molar-refractivity contribution is -0.166. The Morgan fingerprint density at radius 2 is 1.65 bits per heavy atom. The lowest BCUT2D eigenvalue weighted by Crippen LogP contribution is -2.58. The fourth-order valence-electron chi connectivity index (χ4n) is 4.57. The van der Waals surface area contributed by atoms with Crippen LogP contribution >= 0.6 is 0 Å². The molecular weight excluding hydrogens is 435 g/mol. The van der Waals surface area contributed by atoms with E-state index < -0.39 is 5.60 Å². The molecule has 0 spiro atoms. The highest BCUT2D eigenvalue weighted by Crippen LogP contribution is 2.27. The summed E-state index contributed by atoms with van der Waals surface area (Å²) in [5.74, 6) is 0.181. The van der Waals surface area contributed by atoms with Gasteiger partial charge in [-0.2, -0.15) is 0 Å². The largest absolute Gasteiger partial charge is 0.490 e. The summed E-state index contributed by atoms with van der Waals surface area (Å²) in [6, 6.07) is 13.7. The number of nitrogens with zero attached hydrogens (tertiary/aromatic N) is 2. The molecule has 0 saturated carbocycles. The van der Waals surface area contributed by atoms with Gasteiger partial charge in [-0.1, -0.05) is 29.8 Å². The molecule has 4 rings (SSSR count). The van der Waals surface area contributed by atoms with Crippen LogP contribution in [0.1, 0.15) is 36.8 Å². The monoisotopic (exact) mass is 468 g/mol. The van der Waals surface area contributed by atoms with Crippen LogP contribution in [0.15, 0.2) is 48.5 Å². The van der Waals surface area contributed by atoms with E-state index in [-0.39, 0.29) is 37.2 Å². The summed E-state index contributed by atoms with van der Waals surface area (Å²) >= 11 is 0. The Morgan fingerprint density at radius 3 is 2.35 bits per heavy atom. The molecule has 1 atom stereocenters. The van der Waals surface area contributed by atoms with Crippen LogP contribution in [0.3, 0.4) is 0 Å². The van der Waals surface area contributed by atoms with Crippen molar-refractivity contribution in [2.24, 2.45) is 0 Å². The molecule has 0 bridgehead atoms. The maximum Gasteiger partial charge on any atom is 0.227 e. The second kappa shape index (κ2) is 11.0. The molecule has 0 aromatic heterocycles. The summed E-state index contributed by atoms with van der Waals surface area (Å²) in [5.41, 5.74) is 1.15. The normalized spacial score (nSPS) is 20.8. The highest BCUT2D eigenvalue weighted by Gasteiger charge is 2.42. The van der Waals surface area contributed by atoms with E-state index in [9.17, 15) is 14.0 Å². The van der Waals surface area contributed by atoms with Gasteiger partial charge in [0.15, 0.2) is 0 Å². The number of piperidine rings is 1. The van der Waals surface area contributed by atoms with Crippen LogP contribution in [0.5, 0.6) is 5.75 Å². The lowest BCUT2D eigenvalue weighted by Gasteiger charge is -2.43. The molecule has 182 valence electrons. The molecule has 2 aliphatic rings. The molecule has 2 amide bonds. The van der Waals surface area contributed by atoms with Crippen molar-refractivity contribution in [3.63, 3.8) is 0 Å². The quantitative estimate of drug-likeness (QED) is 0.621. The van der Waals surface area contributed by atoms with Crippen molar-refractivity contribution >= 4 is 11.8 Å². The van der Waals surface area contributed by atoms with Crippen LogP contribution < -0.4 is 4.74 Å². The van der Waals surface area contributed by atoms with E-state index in [1.165, 1.54) is 12.1 Å². The number of carbonyl (C=O) groups is 2. The highest BCUT2D eigenvalue weighted by molar-refractivity contribution is 5.80. The van der Waals surface area contributed by atoms with Crippen LogP contribution in [-0.2, 0) is 20.7 Å². The van der Waals surface area contributed by atoms with E-state index in [1.54, 1.807) is 17.0 Å². The van der Waals surface area contributed by atoms with E-state index in [4.69, 9.17) is 9.47 Å². The number of ether oxygens (including phenoxy) is 2. The second-order valence-electron chi connectivity index (χ2n) is 9.37.